The lowest BCUT2D eigenvalue weighted by atomic mass is 9.64. The van der Waals surface area contributed by atoms with E-state index in [-0.39, 0.29) is 37.4 Å². The van der Waals surface area contributed by atoms with Crippen molar-refractivity contribution in [3.05, 3.63) is 49.6 Å². The average Bonchev–Trinajstić information content (AvgIpc) is 3.55. The molecule has 1 spiro atoms. The molecular weight excluding hydrogens is 498 g/mol. The molecule has 9 heteroatoms. The number of methoxy groups -OCH3 is 1. The van der Waals surface area contributed by atoms with E-state index in [4.69, 9.17) is 9.47 Å². The van der Waals surface area contributed by atoms with Crippen molar-refractivity contribution < 1.29 is 29.0 Å². The number of carbonyl (C=O) groups is 3. The summed E-state index contributed by atoms with van der Waals surface area (Å²) in [6.45, 7) is 12.4. The normalized spacial score (nSPS) is 28.8. The van der Waals surface area contributed by atoms with Crippen molar-refractivity contribution in [1.29, 1.82) is 0 Å². The lowest BCUT2D eigenvalue weighted by molar-refractivity contribution is -0.151. The fourth-order valence-corrected chi connectivity index (χ4v) is 7.00. The van der Waals surface area contributed by atoms with Gasteiger partial charge in [0.2, 0.25) is 11.8 Å². The molecule has 4 rings (SSSR count). The highest BCUT2D eigenvalue weighted by atomic mass is 16.5. The Bertz CT molecular complexity index is 1110. The quantitative estimate of drug-likeness (QED) is 0.387. The molecule has 39 heavy (non-hydrogen) atoms. The second-order valence-electron chi connectivity index (χ2n) is 10.6. The smallest absolute Gasteiger partial charge is 0.253 e. The zero-order valence-corrected chi connectivity index (χ0v) is 23.3. The molecule has 3 amide bonds. The summed E-state index contributed by atoms with van der Waals surface area (Å²) in [4.78, 5) is 47.4. The molecule has 5 atom stereocenters. The van der Waals surface area contributed by atoms with Gasteiger partial charge < -0.3 is 29.3 Å². The van der Waals surface area contributed by atoms with E-state index < -0.39 is 29.1 Å². The van der Waals surface area contributed by atoms with Gasteiger partial charge in [-0.2, -0.15) is 0 Å². The zero-order valence-electron chi connectivity index (χ0n) is 23.3. The van der Waals surface area contributed by atoms with Crippen LogP contribution in [0.5, 0.6) is 5.75 Å². The van der Waals surface area contributed by atoms with Crippen LogP contribution in [0.3, 0.4) is 0 Å². The Labute approximate surface area is 231 Å². The van der Waals surface area contributed by atoms with Gasteiger partial charge in [-0.1, -0.05) is 26.0 Å². The van der Waals surface area contributed by atoms with E-state index in [2.05, 4.69) is 13.2 Å². The van der Waals surface area contributed by atoms with Crippen LogP contribution in [0.1, 0.15) is 39.5 Å². The number of ether oxygens (including phenoxy) is 2. The first kappa shape index (κ1) is 28.8. The number of amides is 3. The van der Waals surface area contributed by atoms with Gasteiger partial charge in [0.1, 0.15) is 17.4 Å². The maximum Gasteiger partial charge on any atom is 0.253 e. The maximum atomic E-state index is 14.4. The summed E-state index contributed by atoms with van der Waals surface area (Å²) in [6.07, 6.45) is 5.72. The maximum absolute atomic E-state index is 14.4. The molecule has 3 aliphatic rings. The minimum Gasteiger partial charge on any atom is -0.497 e. The van der Waals surface area contributed by atoms with E-state index in [1.807, 2.05) is 13.8 Å². The number of hydrogen-bond acceptors (Lipinski definition) is 6. The Kier molecular flexibility index (Phi) is 8.51. The molecule has 1 N–H and O–H groups in total. The molecule has 1 aromatic rings. The Morgan fingerprint density at radius 2 is 1.85 bits per heavy atom. The number of aliphatic hydroxyl groups is 1. The molecule has 1 aromatic carbocycles. The minimum absolute atomic E-state index is 0.0211. The van der Waals surface area contributed by atoms with Gasteiger partial charge in [-0.25, -0.2) is 0 Å². The number of fused-ring (bicyclic) bond motifs is 1. The summed E-state index contributed by atoms with van der Waals surface area (Å²) in [5.74, 6) is -1.61. The molecule has 3 fully saturated rings. The molecule has 3 heterocycles. The van der Waals surface area contributed by atoms with Gasteiger partial charge in [0.05, 0.1) is 31.2 Å². The fraction of sp³-hybridized carbons (Fsp3) is 0.567. The van der Waals surface area contributed by atoms with Crippen molar-refractivity contribution >= 4 is 23.4 Å². The monoisotopic (exact) mass is 539 g/mol. The number of nitrogens with zero attached hydrogens (tertiary/aromatic N) is 3. The van der Waals surface area contributed by atoms with Gasteiger partial charge in [-0.05, 0) is 49.9 Å². The number of aliphatic hydroxyl groups excluding tert-OH is 1. The van der Waals surface area contributed by atoms with Gasteiger partial charge in [0.25, 0.3) is 5.91 Å². The summed E-state index contributed by atoms with van der Waals surface area (Å²) in [5.41, 5.74) is -1.35. The number of likely N-dealkylation sites (tertiary alicyclic amines) is 1. The summed E-state index contributed by atoms with van der Waals surface area (Å²) in [6, 6.07) is 6.13. The second kappa shape index (κ2) is 11.5. The second-order valence-corrected chi connectivity index (χ2v) is 10.6. The number of anilines is 1. The van der Waals surface area contributed by atoms with Crippen molar-refractivity contribution in [3.8, 4) is 5.75 Å². The Morgan fingerprint density at radius 1 is 1.15 bits per heavy atom. The van der Waals surface area contributed by atoms with Gasteiger partial charge in [0.15, 0.2) is 0 Å². The Hall–Kier alpha value is -3.17. The standard InChI is InChI=1S/C30H41N3O6/c1-6-16-31(17-7-2)26(35)23-24-27(36)33(19-20-34)25(30(24)15-14-29(23,9-4)39-30)28(37)32(18-8-3)21-10-12-22(38-5)13-11-21/h6,8,10-13,23-25,34H,1,3,7,9,14-20H2,2,4-5H3/t23-,24-,25?,29+,30?/m0/s1. The highest BCUT2D eigenvalue weighted by Gasteiger charge is 2.79. The first-order valence-electron chi connectivity index (χ1n) is 13.9. The van der Waals surface area contributed by atoms with E-state index in [1.54, 1.807) is 53.3 Å². The van der Waals surface area contributed by atoms with Crippen LogP contribution in [0.2, 0.25) is 0 Å². The highest BCUT2D eigenvalue weighted by Crippen LogP contribution is 2.64. The number of rotatable bonds is 13. The van der Waals surface area contributed by atoms with Gasteiger partial charge in [0, 0.05) is 31.9 Å². The predicted molar refractivity (Wildman–Crippen MR) is 148 cm³/mol. The topological polar surface area (TPSA) is 99.6 Å². The number of β-amino-alcohol motifs (C(OH)–C–C–N with tert-alkyl or cyclic N) is 1. The summed E-state index contributed by atoms with van der Waals surface area (Å²) >= 11 is 0. The molecule has 9 nitrogen and oxygen atoms in total. The molecule has 3 aliphatic heterocycles. The zero-order chi connectivity index (χ0) is 28.4. The molecular formula is C30H41N3O6. The fourth-order valence-electron chi connectivity index (χ4n) is 7.00. The van der Waals surface area contributed by atoms with Crippen LogP contribution < -0.4 is 9.64 Å². The number of hydrogen-bond donors (Lipinski definition) is 1. The molecule has 212 valence electrons. The van der Waals surface area contributed by atoms with Crippen molar-refractivity contribution in [2.75, 3.05) is 44.8 Å². The van der Waals surface area contributed by atoms with E-state index in [9.17, 15) is 19.5 Å². The number of carbonyl (C=O) groups excluding carboxylic acids is 3. The van der Waals surface area contributed by atoms with Crippen molar-refractivity contribution in [2.24, 2.45) is 11.8 Å². The van der Waals surface area contributed by atoms with E-state index >= 15 is 0 Å². The van der Waals surface area contributed by atoms with Crippen LogP contribution in [-0.2, 0) is 19.1 Å². The third-order valence-corrected chi connectivity index (χ3v) is 8.64. The SMILES string of the molecule is C=CCN(CCC)C(=O)[C@@H]1[C@H]2C(=O)N(CCO)C(C(=O)N(CC=C)c3ccc(OC)cc3)C23CC[C@@]1(CC)O3. The minimum atomic E-state index is -1.16. The third kappa shape index (κ3) is 4.55. The average molecular weight is 540 g/mol. The molecule has 0 aromatic heterocycles. The third-order valence-electron chi connectivity index (χ3n) is 8.64. The Morgan fingerprint density at radius 3 is 2.41 bits per heavy atom. The largest absolute Gasteiger partial charge is 0.497 e. The highest BCUT2D eigenvalue weighted by molar-refractivity contribution is 6.05. The van der Waals surface area contributed by atoms with E-state index in [0.717, 1.165) is 6.42 Å². The molecule has 0 radical (unpaired) electrons. The summed E-state index contributed by atoms with van der Waals surface area (Å²) in [7, 11) is 1.57. The Balaban J connectivity index is 1.79. The van der Waals surface area contributed by atoms with Crippen molar-refractivity contribution in [3.63, 3.8) is 0 Å². The summed E-state index contributed by atoms with van der Waals surface area (Å²) < 4.78 is 12.1. The molecule has 2 bridgehead atoms. The lowest BCUT2D eigenvalue weighted by Gasteiger charge is -2.37. The molecule has 0 aliphatic carbocycles. The van der Waals surface area contributed by atoms with Crippen LogP contribution in [0.4, 0.5) is 5.69 Å². The first-order valence-corrected chi connectivity index (χ1v) is 13.9. The van der Waals surface area contributed by atoms with Gasteiger partial charge in [-0.3, -0.25) is 14.4 Å². The summed E-state index contributed by atoms with van der Waals surface area (Å²) in [5, 5.41) is 9.92. The van der Waals surface area contributed by atoms with Crippen LogP contribution in [0.15, 0.2) is 49.6 Å². The van der Waals surface area contributed by atoms with E-state index in [1.165, 1.54) is 4.90 Å². The van der Waals surface area contributed by atoms with Crippen LogP contribution in [0.25, 0.3) is 0 Å². The van der Waals surface area contributed by atoms with Crippen molar-refractivity contribution in [1.82, 2.24) is 9.80 Å². The van der Waals surface area contributed by atoms with Gasteiger partial charge >= 0.3 is 0 Å². The predicted octanol–water partition coefficient (Wildman–Crippen LogP) is 2.79. The van der Waals surface area contributed by atoms with Crippen LogP contribution in [0, 0.1) is 11.8 Å². The lowest BCUT2D eigenvalue weighted by Crippen LogP contribution is -2.57. The van der Waals surface area contributed by atoms with Crippen LogP contribution >= 0.6 is 0 Å². The first-order chi connectivity index (χ1) is 18.8. The van der Waals surface area contributed by atoms with Gasteiger partial charge in [-0.15, -0.1) is 13.2 Å². The molecule has 3 saturated heterocycles. The number of benzene rings is 1. The van der Waals surface area contributed by atoms with Crippen molar-refractivity contribution in [2.45, 2.75) is 56.8 Å². The molecule has 0 saturated carbocycles. The molecule has 2 unspecified atom stereocenters. The van der Waals surface area contributed by atoms with E-state index in [0.29, 0.717) is 43.8 Å². The van der Waals surface area contributed by atoms with Crippen LogP contribution in [-0.4, -0.2) is 89.8 Å².